The third-order valence-electron chi connectivity index (χ3n) is 3.87. The van der Waals surface area contributed by atoms with E-state index in [0.717, 1.165) is 11.6 Å². The Morgan fingerprint density at radius 2 is 2.11 bits per heavy atom. The van der Waals surface area contributed by atoms with Gasteiger partial charge in [0.25, 0.3) is 0 Å². The minimum Gasteiger partial charge on any atom is -0.382 e. The SMILES string of the molecule is CC1CCC(Nc2ccc(C#N)c(Cl)c2)C(C)C1. The first-order valence-corrected chi connectivity index (χ1v) is 6.94. The summed E-state index contributed by atoms with van der Waals surface area (Å²) in [5.74, 6) is 1.52. The van der Waals surface area contributed by atoms with E-state index in [1.54, 1.807) is 6.07 Å². The van der Waals surface area contributed by atoms with E-state index in [2.05, 4.69) is 25.2 Å². The van der Waals surface area contributed by atoms with Gasteiger partial charge in [0.2, 0.25) is 0 Å². The van der Waals surface area contributed by atoms with E-state index in [1.165, 1.54) is 19.3 Å². The molecule has 0 amide bonds. The quantitative estimate of drug-likeness (QED) is 0.855. The van der Waals surface area contributed by atoms with Crippen LogP contribution in [0.2, 0.25) is 5.02 Å². The number of hydrogen-bond donors (Lipinski definition) is 1. The molecule has 1 N–H and O–H groups in total. The average molecular weight is 263 g/mol. The summed E-state index contributed by atoms with van der Waals surface area (Å²) in [6.45, 7) is 4.63. The summed E-state index contributed by atoms with van der Waals surface area (Å²) in [6.07, 6.45) is 3.77. The summed E-state index contributed by atoms with van der Waals surface area (Å²) in [7, 11) is 0. The molecule has 0 heterocycles. The number of rotatable bonds is 2. The summed E-state index contributed by atoms with van der Waals surface area (Å²) in [5, 5.41) is 12.9. The van der Waals surface area contributed by atoms with Gasteiger partial charge in [0.05, 0.1) is 10.6 Å². The molecule has 1 aliphatic rings. The van der Waals surface area contributed by atoms with Gasteiger partial charge in [-0.1, -0.05) is 25.4 Å². The highest BCUT2D eigenvalue weighted by atomic mass is 35.5. The van der Waals surface area contributed by atoms with Gasteiger partial charge in [0.15, 0.2) is 0 Å². The number of benzene rings is 1. The molecule has 1 fully saturated rings. The predicted molar refractivity (Wildman–Crippen MR) is 75.8 cm³/mol. The molecule has 3 atom stereocenters. The van der Waals surface area contributed by atoms with Gasteiger partial charge in [-0.2, -0.15) is 5.26 Å². The molecular weight excluding hydrogens is 244 g/mol. The molecule has 1 aromatic rings. The van der Waals surface area contributed by atoms with Gasteiger partial charge in [-0.05, 0) is 49.3 Å². The molecule has 0 radical (unpaired) electrons. The molecule has 1 aromatic carbocycles. The first-order valence-electron chi connectivity index (χ1n) is 6.56. The van der Waals surface area contributed by atoms with Crippen molar-refractivity contribution in [3.8, 4) is 6.07 Å². The fraction of sp³-hybridized carbons (Fsp3) is 0.533. The van der Waals surface area contributed by atoms with Crippen LogP contribution in [-0.4, -0.2) is 6.04 Å². The first kappa shape index (κ1) is 13.2. The summed E-state index contributed by atoms with van der Waals surface area (Å²) in [6, 6.07) is 8.17. The van der Waals surface area contributed by atoms with E-state index in [4.69, 9.17) is 16.9 Å². The normalized spacial score (nSPS) is 27.6. The molecule has 0 aromatic heterocycles. The van der Waals surface area contributed by atoms with Gasteiger partial charge in [0.1, 0.15) is 6.07 Å². The molecule has 1 aliphatic carbocycles. The molecule has 0 bridgehead atoms. The van der Waals surface area contributed by atoms with Crippen LogP contribution in [0.25, 0.3) is 0 Å². The van der Waals surface area contributed by atoms with Crippen molar-refractivity contribution in [1.82, 2.24) is 0 Å². The number of hydrogen-bond acceptors (Lipinski definition) is 2. The van der Waals surface area contributed by atoms with Crippen LogP contribution in [0.3, 0.4) is 0 Å². The summed E-state index contributed by atoms with van der Waals surface area (Å²) in [5.41, 5.74) is 1.55. The maximum Gasteiger partial charge on any atom is 0.101 e. The highest BCUT2D eigenvalue weighted by Crippen LogP contribution is 2.31. The van der Waals surface area contributed by atoms with Crippen molar-refractivity contribution in [2.75, 3.05) is 5.32 Å². The van der Waals surface area contributed by atoms with E-state index in [0.29, 0.717) is 22.5 Å². The fourth-order valence-corrected chi connectivity index (χ4v) is 3.01. The van der Waals surface area contributed by atoms with Crippen LogP contribution in [0.5, 0.6) is 0 Å². The second kappa shape index (κ2) is 5.63. The van der Waals surface area contributed by atoms with E-state index in [-0.39, 0.29) is 0 Å². The molecule has 3 heteroatoms. The predicted octanol–water partition coefficient (Wildman–Crippen LogP) is 4.45. The highest BCUT2D eigenvalue weighted by molar-refractivity contribution is 6.32. The van der Waals surface area contributed by atoms with E-state index >= 15 is 0 Å². The van der Waals surface area contributed by atoms with Crippen molar-refractivity contribution in [1.29, 1.82) is 5.26 Å². The molecule has 96 valence electrons. The van der Waals surface area contributed by atoms with Gasteiger partial charge in [-0.15, -0.1) is 0 Å². The third kappa shape index (κ3) is 2.97. The van der Waals surface area contributed by atoms with Crippen molar-refractivity contribution >= 4 is 17.3 Å². The molecule has 2 rings (SSSR count). The largest absolute Gasteiger partial charge is 0.382 e. The average Bonchev–Trinajstić information content (AvgIpc) is 2.33. The fourth-order valence-electron chi connectivity index (χ4n) is 2.79. The van der Waals surface area contributed by atoms with Gasteiger partial charge >= 0.3 is 0 Å². The Hall–Kier alpha value is -1.20. The highest BCUT2D eigenvalue weighted by Gasteiger charge is 2.25. The zero-order valence-corrected chi connectivity index (χ0v) is 11.7. The summed E-state index contributed by atoms with van der Waals surface area (Å²) < 4.78 is 0. The standard InChI is InChI=1S/C15H19ClN2/c1-10-3-6-15(11(2)7-10)18-13-5-4-12(9-17)14(16)8-13/h4-5,8,10-11,15,18H,3,6-7H2,1-2H3. The second-order valence-electron chi connectivity index (χ2n) is 5.45. The molecular formula is C15H19ClN2. The van der Waals surface area contributed by atoms with Crippen LogP contribution in [0.4, 0.5) is 5.69 Å². The minimum absolute atomic E-state index is 0.519. The molecule has 0 saturated heterocycles. The lowest BCUT2D eigenvalue weighted by Gasteiger charge is -2.33. The Labute approximate surface area is 114 Å². The van der Waals surface area contributed by atoms with Crippen molar-refractivity contribution in [2.45, 2.75) is 39.2 Å². The smallest absolute Gasteiger partial charge is 0.101 e. The van der Waals surface area contributed by atoms with E-state index in [1.807, 2.05) is 12.1 Å². The lowest BCUT2D eigenvalue weighted by Crippen LogP contribution is -2.32. The van der Waals surface area contributed by atoms with Gasteiger partial charge < -0.3 is 5.32 Å². The molecule has 0 spiro atoms. The first-order chi connectivity index (χ1) is 8.60. The lowest BCUT2D eigenvalue weighted by molar-refractivity contribution is 0.276. The number of nitrogens with one attached hydrogen (secondary N) is 1. The number of nitriles is 1. The van der Waals surface area contributed by atoms with Crippen LogP contribution in [0, 0.1) is 23.2 Å². The van der Waals surface area contributed by atoms with Crippen LogP contribution >= 0.6 is 11.6 Å². The number of nitrogens with zero attached hydrogens (tertiary/aromatic N) is 1. The van der Waals surface area contributed by atoms with Gasteiger partial charge in [0, 0.05) is 11.7 Å². The number of anilines is 1. The Bertz CT molecular complexity index is 464. The van der Waals surface area contributed by atoms with Crippen LogP contribution in [-0.2, 0) is 0 Å². The monoisotopic (exact) mass is 262 g/mol. The van der Waals surface area contributed by atoms with Crippen molar-refractivity contribution in [2.24, 2.45) is 11.8 Å². The Morgan fingerprint density at radius 1 is 1.33 bits per heavy atom. The second-order valence-corrected chi connectivity index (χ2v) is 5.86. The maximum absolute atomic E-state index is 8.85. The summed E-state index contributed by atoms with van der Waals surface area (Å²) >= 11 is 6.04. The minimum atomic E-state index is 0.519. The van der Waals surface area contributed by atoms with Crippen LogP contribution in [0.15, 0.2) is 18.2 Å². The molecule has 2 nitrogen and oxygen atoms in total. The zero-order chi connectivity index (χ0) is 13.1. The van der Waals surface area contributed by atoms with Crippen molar-refractivity contribution in [3.05, 3.63) is 28.8 Å². The van der Waals surface area contributed by atoms with Crippen molar-refractivity contribution < 1.29 is 0 Å². The third-order valence-corrected chi connectivity index (χ3v) is 4.19. The van der Waals surface area contributed by atoms with Crippen molar-refractivity contribution in [3.63, 3.8) is 0 Å². The molecule has 18 heavy (non-hydrogen) atoms. The van der Waals surface area contributed by atoms with E-state index < -0.39 is 0 Å². The zero-order valence-electron chi connectivity index (χ0n) is 10.9. The maximum atomic E-state index is 8.85. The van der Waals surface area contributed by atoms with Crippen LogP contribution < -0.4 is 5.32 Å². The van der Waals surface area contributed by atoms with Crippen LogP contribution in [0.1, 0.15) is 38.7 Å². The molecule has 3 unspecified atom stereocenters. The molecule has 1 saturated carbocycles. The van der Waals surface area contributed by atoms with E-state index in [9.17, 15) is 0 Å². The topological polar surface area (TPSA) is 35.8 Å². The van der Waals surface area contributed by atoms with Gasteiger partial charge in [-0.3, -0.25) is 0 Å². The lowest BCUT2D eigenvalue weighted by atomic mass is 9.80. The molecule has 0 aliphatic heterocycles. The number of halogens is 1. The van der Waals surface area contributed by atoms with Gasteiger partial charge in [-0.25, -0.2) is 0 Å². The summed E-state index contributed by atoms with van der Waals surface area (Å²) in [4.78, 5) is 0. The Morgan fingerprint density at radius 3 is 2.72 bits per heavy atom. The Balaban J connectivity index is 2.06. The Kier molecular flexibility index (Phi) is 4.14.